The predicted octanol–water partition coefficient (Wildman–Crippen LogP) is 5.41. The van der Waals surface area contributed by atoms with Crippen molar-refractivity contribution in [1.29, 1.82) is 0.101 Å². The molecule has 0 heterocycles. The molecule has 0 aromatic carbocycles. The van der Waals surface area contributed by atoms with Crippen LogP contribution in [0.2, 0.25) is 0 Å². The van der Waals surface area contributed by atoms with E-state index in [0.29, 0.717) is 0 Å². The normalized spacial score (nSPS) is 5.31. The third-order valence-corrected chi connectivity index (χ3v) is 42.3. The molecule has 0 fully saturated rings. The van der Waals surface area contributed by atoms with Crippen molar-refractivity contribution < 1.29 is 28.4 Å². The fourth-order valence-corrected chi connectivity index (χ4v) is 49.0. The summed E-state index contributed by atoms with van der Waals surface area (Å²) in [5.41, 5.74) is 0. The molecule has 20 heteroatoms. The van der Waals surface area contributed by atoms with E-state index in [9.17, 15) is 0 Å². The van der Waals surface area contributed by atoms with Crippen LogP contribution in [0.4, 0.5) is 0 Å². The zero-order valence-corrected chi connectivity index (χ0v) is 26.7. The van der Waals surface area contributed by atoms with Gasteiger partial charge in [-0.15, -0.1) is 0 Å². The van der Waals surface area contributed by atoms with Gasteiger partial charge in [0.15, 0.2) is 0 Å². The SMILES string of the molecule is C.C.C.C.C.C.C.C.C.[2H][Y]=[S]=S=S=S=S=S=S=S=S=S=S=S=S=S=S=S=S=S=S. The summed E-state index contributed by atoms with van der Waals surface area (Å²) in [5, 5.41) is 1.75. The Hall–Kier alpha value is 5.28. The van der Waals surface area contributed by atoms with E-state index in [1.165, 1.54) is 8.88 Å². The van der Waals surface area contributed by atoms with E-state index < -0.39 is 28.4 Å². The Bertz CT molecular complexity index is 1110. The third kappa shape index (κ3) is 65.6. The van der Waals surface area contributed by atoms with E-state index in [-0.39, 0.29) is 66.8 Å². The topological polar surface area (TPSA) is 0 Å². The fourth-order valence-electron chi connectivity index (χ4n) is 0.186. The molecule has 0 rings (SSSR count). The molecule has 0 aliphatic rings. The Morgan fingerprint density at radius 3 is 0.793 bits per heavy atom. The van der Waals surface area contributed by atoms with Crippen molar-refractivity contribution >= 4 is 167 Å². The van der Waals surface area contributed by atoms with Crippen molar-refractivity contribution in [2.24, 2.45) is 0 Å². The van der Waals surface area contributed by atoms with Crippen LogP contribution in [0.15, 0.2) is 0 Å². The molecule has 0 bridgehead atoms. The van der Waals surface area contributed by atoms with Gasteiger partial charge >= 0.3 is 131 Å². The van der Waals surface area contributed by atoms with E-state index >= 15 is 0 Å². The van der Waals surface area contributed by atoms with E-state index in [4.69, 9.17) is 11.3 Å². The summed E-state index contributed by atoms with van der Waals surface area (Å²) in [6, 6.07) is 0. The number of hydrogen-bond donors (Lipinski definition) is 0. The Labute approximate surface area is 257 Å². The molecule has 0 aromatic rings. The van der Waals surface area contributed by atoms with Crippen molar-refractivity contribution in [2.75, 3.05) is 0 Å². The molecular formula is C9H37S19Y. The first kappa shape index (κ1) is 59.4. The van der Waals surface area contributed by atoms with E-state index in [1.807, 2.05) is 0 Å². The number of rotatable bonds is 0. The summed E-state index contributed by atoms with van der Waals surface area (Å²) in [5.74, 6) is 0. The van der Waals surface area contributed by atoms with Gasteiger partial charge < -0.3 is 0 Å². The molecule has 0 saturated carbocycles. The molecule has 0 nitrogen and oxygen atoms in total. The second-order valence-electron chi connectivity index (χ2n) is 1.25. The standard InChI is InChI=1S/9CH4.S19.Y.H/c;;;;;;;;;1-3-5-7-9-11-13-15-17-19-18-16-14-12-10-8-6-4-2;;/h9*1H4;;;/i;;;;;;;;;;;1+1. The van der Waals surface area contributed by atoms with Crippen LogP contribution in [0.5, 0.6) is 0 Å². The first-order valence-electron chi connectivity index (χ1n) is 3.81. The molecule has 0 aliphatic carbocycles. The van der Waals surface area contributed by atoms with Crippen LogP contribution >= 0.6 is 0 Å². The van der Waals surface area contributed by atoms with Crippen LogP contribution in [-0.4, -0.2) is 0.101 Å². The summed E-state index contributed by atoms with van der Waals surface area (Å²) in [7, 11) is 29.7. The molecule has 29 heavy (non-hydrogen) atoms. The van der Waals surface area contributed by atoms with Crippen LogP contribution in [0.1, 0.15) is 66.8 Å². The molecule has 0 unspecified atom stereocenters. The van der Waals surface area contributed by atoms with Gasteiger partial charge in [-0.25, -0.2) is 0 Å². The Kier molecular flexibility index (Phi) is 131. The molecule has 0 spiro atoms. The van der Waals surface area contributed by atoms with Gasteiger partial charge in [0.05, 0.1) is 0 Å². The molecule has 190 valence electrons. The quantitative estimate of drug-likeness (QED) is 0.315. The monoisotopic (exact) mass is 843 g/mol. The third-order valence-electron chi connectivity index (χ3n) is 0.484. The second-order valence-corrected chi connectivity index (χ2v) is 36.4. The van der Waals surface area contributed by atoms with Crippen LogP contribution in [0.3, 0.4) is 0 Å². The molecule has 0 saturated heterocycles. The molecule has 0 aliphatic heterocycles. The van der Waals surface area contributed by atoms with E-state index in [0.717, 1.165) is 0 Å². The summed E-state index contributed by atoms with van der Waals surface area (Å²) in [6.07, 6.45) is 0. The minimum Gasteiger partial charge on any atom is 0 e. The molecule has 0 amide bonds. The van der Waals surface area contributed by atoms with E-state index in [1.54, 1.807) is 147 Å². The molecule has 0 N–H and O–H groups in total. The van der Waals surface area contributed by atoms with Crippen molar-refractivity contribution in [3.63, 3.8) is 0 Å². The van der Waals surface area contributed by atoms with Crippen molar-refractivity contribution in [3.05, 3.63) is 0 Å². The summed E-state index contributed by atoms with van der Waals surface area (Å²) < 4.78 is 7.16. The zero-order valence-electron chi connectivity index (χ0n) is 9.33. The molecule has 0 aromatic heterocycles. The van der Waals surface area contributed by atoms with Gasteiger partial charge in [0.2, 0.25) is 0 Å². The van der Waals surface area contributed by atoms with Gasteiger partial charge in [0, 0.05) is 64.5 Å². The van der Waals surface area contributed by atoms with Gasteiger partial charge in [-0.1, -0.05) is 66.8 Å². The van der Waals surface area contributed by atoms with Gasteiger partial charge in [-0.05, 0) is 0 Å². The van der Waals surface area contributed by atoms with Gasteiger partial charge in [-0.2, -0.15) is 0 Å². The molecular weight excluding hydrogens is 806 g/mol. The fraction of sp³-hybridized carbons (Fsp3) is 1.00. The van der Waals surface area contributed by atoms with Crippen LogP contribution in [-0.2, 0) is 196 Å². The average molecular weight is 845 g/mol. The first-order chi connectivity index (χ1) is 10.4. The van der Waals surface area contributed by atoms with Crippen molar-refractivity contribution in [2.45, 2.75) is 66.8 Å². The second kappa shape index (κ2) is 64.0. The summed E-state index contributed by atoms with van der Waals surface area (Å²) in [6.45, 7) is 0. The van der Waals surface area contributed by atoms with Crippen LogP contribution in [0.25, 0.3) is 0 Å². The minimum atomic E-state index is -0.981. The van der Waals surface area contributed by atoms with Crippen LogP contribution in [0, 0.1) is 0 Å². The van der Waals surface area contributed by atoms with Crippen molar-refractivity contribution in [3.8, 4) is 0 Å². The summed E-state index contributed by atoms with van der Waals surface area (Å²) in [4.78, 5) is 0. The maximum absolute atomic E-state index is 7.16. The predicted molar refractivity (Wildman–Crippen MR) is 202 cm³/mol. The summed E-state index contributed by atoms with van der Waals surface area (Å²) >= 11 is 3.78. The minimum absolute atomic E-state index is 0. The van der Waals surface area contributed by atoms with Gasteiger partial charge in [0.25, 0.3) is 0 Å². The van der Waals surface area contributed by atoms with Gasteiger partial charge in [0.1, 0.15) is 0 Å². The van der Waals surface area contributed by atoms with Crippen molar-refractivity contribution in [1.82, 2.24) is 0 Å². The molecule has 0 radical (unpaired) electrons. The molecule has 0 atom stereocenters. The smallest absolute Gasteiger partial charge is 0 e. The van der Waals surface area contributed by atoms with E-state index in [2.05, 4.69) is 0 Å². The Balaban J connectivity index is -0.0000000556. The van der Waals surface area contributed by atoms with Gasteiger partial charge in [-0.3, -0.25) is 0 Å². The first-order valence-corrected chi connectivity index (χ1v) is 31.2. The maximum atomic E-state index is 7.16. The number of hydrogen-bond acceptors (Lipinski definition) is 1. The Morgan fingerprint density at radius 1 is 0.379 bits per heavy atom. The van der Waals surface area contributed by atoms with Crippen LogP contribution < -0.4 is 0 Å². The zero-order chi connectivity index (χ0) is 15.4. The average Bonchev–Trinajstić information content (AvgIpc) is 2.50. The Morgan fingerprint density at radius 2 is 0.586 bits per heavy atom.